The van der Waals surface area contributed by atoms with Gasteiger partial charge in [-0.25, -0.2) is 9.97 Å². The molecule has 0 saturated carbocycles. The molecule has 1 aliphatic carbocycles. The monoisotopic (exact) mass is 428 g/mol. The maximum Gasteiger partial charge on any atom is 0.115 e. The summed E-state index contributed by atoms with van der Waals surface area (Å²) >= 11 is 0. The molecule has 0 amide bonds. The van der Waals surface area contributed by atoms with Gasteiger partial charge in [-0.15, -0.1) is 10.2 Å². The second-order valence-electron chi connectivity index (χ2n) is 7.95. The lowest BCUT2D eigenvalue weighted by molar-refractivity contribution is 0.911. The zero-order valence-corrected chi connectivity index (χ0v) is 17.9. The van der Waals surface area contributed by atoms with Crippen LogP contribution in [0.1, 0.15) is 17.5 Å². The summed E-state index contributed by atoms with van der Waals surface area (Å²) in [5.74, 6) is 0. The molecule has 0 atom stereocenters. The van der Waals surface area contributed by atoms with Crippen LogP contribution in [-0.2, 0) is 12.8 Å². The first-order valence-electron chi connectivity index (χ1n) is 11.0. The quantitative estimate of drug-likeness (QED) is 0.391. The molecule has 6 nitrogen and oxygen atoms in total. The van der Waals surface area contributed by atoms with Crippen LogP contribution in [0.5, 0.6) is 0 Å². The fourth-order valence-electron chi connectivity index (χ4n) is 4.35. The summed E-state index contributed by atoms with van der Waals surface area (Å²) in [6.45, 7) is 0. The third kappa shape index (κ3) is 3.65. The number of rotatable bonds is 4. The van der Waals surface area contributed by atoms with Crippen LogP contribution >= 0.6 is 0 Å². The van der Waals surface area contributed by atoms with E-state index in [1.165, 1.54) is 11.1 Å². The zero-order chi connectivity index (χ0) is 22.0. The molecule has 0 radical (unpaired) electrons. The summed E-state index contributed by atoms with van der Waals surface area (Å²) in [6, 6.07) is 23.6. The predicted molar refractivity (Wildman–Crippen MR) is 127 cm³/mol. The summed E-state index contributed by atoms with van der Waals surface area (Å²) in [5.41, 5.74) is 9.13. The van der Waals surface area contributed by atoms with Crippen LogP contribution in [0.25, 0.3) is 45.6 Å². The van der Waals surface area contributed by atoms with Gasteiger partial charge in [0.25, 0.3) is 0 Å². The van der Waals surface area contributed by atoms with E-state index in [-0.39, 0.29) is 0 Å². The van der Waals surface area contributed by atoms with E-state index in [2.05, 4.69) is 20.2 Å². The lowest BCUT2D eigenvalue weighted by Crippen LogP contribution is -2.03. The Morgan fingerprint density at radius 3 is 1.36 bits per heavy atom. The molecule has 0 fully saturated rings. The van der Waals surface area contributed by atoms with Crippen molar-refractivity contribution in [3.05, 3.63) is 96.3 Å². The van der Waals surface area contributed by atoms with Crippen molar-refractivity contribution in [1.29, 1.82) is 0 Å². The zero-order valence-electron chi connectivity index (χ0n) is 17.9. The van der Waals surface area contributed by atoms with Crippen molar-refractivity contribution in [2.75, 3.05) is 0 Å². The van der Waals surface area contributed by atoms with Gasteiger partial charge in [-0.2, -0.15) is 0 Å². The molecule has 33 heavy (non-hydrogen) atoms. The van der Waals surface area contributed by atoms with E-state index < -0.39 is 0 Å². The van der Waals surface area contributed by atoms with E-state index >= 15 is 0 Å². The molecule has 0 aliphatic heterocycles. The van der Waals surface area contributed by atoms with Gasteiger partial charge in [-0.3, -0.25) is 9.97 Å². The standard InChI is InChI=1S/C27H20N6/c1-3-16-28-20(10-1)22-12-6-14-24(30-22)26-18-8-5-9-19(18)27(33-32-26)25-15-7-13-23(31-25)21-11-2-4-17-29-21/h1-4,6-7,10-17H,5,8-9H2. The van der Waals surface area contributed by atoms with Gasteiger partial charge in [-0.1, -0.05) is 24.3 Å². The molecule has 0 spiro atoms. The van der Waals surface area contributed by atoms with Crippen molar-refractivity contribution in [1.82, 2.24) is 30.1 Å². The van der Waals surface area contributed by atoms with Crippen LogP contribution in [-0.4, -0.2) is 30.1 Å². The highest BCUT2D eigenvalue weighted by molar-refractivity contribution is 5.71. The molecule has 6 heteroatoms. The van der Waals surface area contributed by atoms with Crippen molar-refractivity contribution < 1.29 is 0 Å². The van der Waals surface area contributed by atoms with Crippen LogP contribution in [0, 0.1) is 0 Å². The fourth-order valence-corrected chi connectivity index (χ4v) is 4.35. The van der Waals surface area contributed by atoms with Crippen molar-refractivity contribution in [2.24, 2.45) is 0 Å². The minimum absolute atomic E-state index is 0.825. The smallest absolute Gasteiger partial charge is 0.115 e. The number of fused-ring (bicyclic) bond motifs is 1. The topological polar surface area (TPSA) is 77.3 Å². The van der Waals surface area contributed by atoms with Gasteiger partial charge >= 0.3 is 0 Å². The Balaban J connectivity index is 1.43. The molecule has 5 heterocycles. The third-order valence-electron chi connectivity index (χ3n) is 5.88. The van der Waals surface area contributed by atoms with E-state index in [4.69, 9.17) is 9.97 Å². The molecule has 1 aliphatic rings. The van der Waals surface area contributed by atoms with E-state index in [1.807, 2.05) is 72.8 Å². The molecule has 0 saturated heterocycles. The minimum Gasteiger partial charge on any atom is -0.255 e. The molecule has 6 rings (SSSR count). The summed E-state index contributed by atoms with van der Waals surface area (Å²) in [6.07, 6.45) is 6.55. The van der Waals surface area contributed by atoms with E-state index in [0.717, 1.165) is 64.8 Å². The van der Waals surface area contributed by atoms with Crippen LogP contribution in [0.2, 0.25) is 0 Å². The highest BCUT2D eigenvalue weighted by Gasteiger charge is 2.24. The van der Waals surface area contributed by atoms with Gasteiger partial charge < -0.3 is 0 Å². The second kappa shape index (κ2) is 8.31. The Kier molecular flexibility index (Phi) is 4.88. The number of nitrogens with zero attached hydrogens (tertiary/aromatic N) is 6. The Hall–Kier alpha value is -4.32. The first kappa shape index (κ1) is 19.4. The molecule has 0 N–H and O–H groups in total. The van der Waals surface area contributed by atoms with Crippen molar-refractivity contribution in [2.45, 2.75) is 19.3 Å². The van der Waals surface area contributed by atoms with Crippen LogP contribution in [0.3, 0.4) is 0 Å². The summed E-state index contributed by atoms with van der Waals surface area (Å²) < 4.78 is 0. The molecule has 158 valence electrons. The largest absolute Gasteiger partial charge is 0.255 e. The van der Waals surface area contributed by atoms with E-state index in [1.54, 1.807) is 12.4 Å². The number of hydrogen-bond acceptors (Lipinski definition) is 6. The Bertz CT molecular complexity index is 1320. The van der Waals surface area contributed by atoms with Crippen molar-refractivity contribution >= 4 is 0 Å². The Morgan fingerprint density at radius 2 is 0.909 bits per heavy atom. The van der Waals surface area contributed by atoms with Crippen LogP contribution in [0.15, 0.2) is 85.2 Å². The maximum atomic E-state index is 4.86. The third-order valence-corrected chi connectivity index (χ3v) is 5.88. The second-order valence-corrected chi connectivity index (χ2v) is 7.95. The lowest BCUT2D eigenvalue weighted by atomic mass is 10.0. The van der Waals surface area contributed by atoms with Gasteiger partial charge in [-0.05, 0) is 78.9 Å². The summed E-state index contributed by atoms with van der Waals surface area (Å²) in [4.78, 5) is 18.6. The lowest BCUT2D eigenvalue weighted by Gasteiger charge is -2.12. The van der Waals surface area contributed by atoms with Crippen molar-refractivity contribution in [3.8, 4) is 45.6 Å². The SMILES string of the molecule is c1ccc(-c2cccc(-c3nnc(-c4cccc(-c5ccccn5)n4)c4c3CCC4)n2)nc1. The average molecular weight is 428 g/mol. The maximum absolute atomic E-state index is 4.86. The minimum atomic E-state index is 0.825. The predicted octanol–water partition coefficient (Wildman–Crippen LogP) is 5.21. The summed E-state index contributed by atoms with van der Waals surface area (Å²) in [7, 11) is 0. The molecular weight excluding hydrogens is 408 g/mol. The van der Waals surface area contributed by atoms with Gasteiger partial charge in [0.05, 0.1) is 34.2 Å². The van der Waals surface area contributed by atoms with Gasteiger partial charge in [0, 0.05) is 12.4 Å². The molecule has 0 unspecified atom stereocenters. The van der Waals surface area contributed by atoms with Gasteiger partial charge in [0.15, 0.2) is 0 Å². The fraction of sp³-hybridized carbons (Fsp3) is 0.111. The average Bonchev–Trinajstić information content (AvgIpc) is 3.39. The molecule has 0 aromatic carbocycles. The van der Waals surface area contributed by atoms with Gasteiger partial charge in [0.1, 0.15) is 11.4 Å². The number of aromatic nitrogens is 6. The number of hydrogen-bond donors (Lipinski definition) is 0. The first-order chi connectivity index (χ1) is 16.4. The van der Waals surface area contributed by atoms with Crippen molar-refractivity contribution in [3.63, 3.8) is 0 Å². The highest BCUT2D eigenvalue weighted by Crippen LogP contribution is 2.35. The normalized spacial score (nSPS) is 12.5. The Morgan fingerprint density at radius 1 is 0.455 bits per heavy atom. The highest BCUT2D eigenvalue weighted by atomic mass is 15.1. The molecule has 5 aromatic rings. The van der Waals surface area contributed by atoms with E-state index in [0.29, 0.717) is 0 Å². The van der Waals surface area contributed by atoms with Crippen LogP contribution < -0.4 is 0 Å². The molecule has 0 bridgehead atoms. The van der Waals surface area contributed by atoms with E-state index in [9.17, 15) is 0 Å². The van der Waals surface area contributed by atoms with Crippen LogP contribution in [0.4, 0.5) is 0 Å². The summed E-state index contributed by atoms with van der Waals surface area (Å²) in [5, 5.41) is 9.29. The van der Waals surface area contributed by atoms with Gasteiger partial charge in [0.2, 0.25) is 0 Å². The number of pyridine rings is 4. The Labute approximate surface area is 191 Å². The molecular formula is C27H20N6. The first-order valence-corrected chi connectivity index (χ1v) is 11.0. The molecule has 5 aromatic heterocycles.